The van der Waals surface area contributed by atoms with Crippen molar-refractivity contribution in [3.05, 3.63) is 99.9 Å². The molecule has 0 aliphatic carbocycles. The maximum Gasteiger partial charge on any atom is 0.269 e. The molecule has 0 saturated carbocycles. The van der Waals surface area contributed by atoms with Crippen LogP contribution >= 0.6 is 11.3 Å². The largest absolute Gasteiger partial charge is 0.280 e. The molecule has 0 aliphatic rings. The highest BCUT2D eigenvalue weighted by molar-refractivity contribution is 7.22. The van der Waals surface area contributed by atoms with E-state index in [-0.39, 0.29) is 27.6 Å². The Hall–Kier alpha value is -4.05. The molecule has 4 rings (SSSR count). The predicted molar refractivity (Wildman–Crippen MR) is 117 cm³/mol. The molecule has 2 heterocycles. The SMILES string of the molecule is O=C(C=Cc1ccc([N+](=O)[O-])cc1)N(Cc1cccnc1)c1nc2c(F)cc(F)cc2s1. The second-order valence-electron chi connectivity index (χ2n) is 6.70. The van der Waals surface area contributed by atoms with Crippen LogP contribution in [0.5, 0.6) is 0 Å². The van der Waals surface area contributed by atoms with E-state index in [1.54, 1.807) is 24.5 Å². The van der Waals surface area contributed by atoms with E-state index in [1.807, 2.05) is 0 Å². The number of benzene rings is 2. The average molecular weight is 452 g/mol. The van der Waals surface area contributed by atoms with Crippen LogP contribution < -0.4 is 4.90 Å². The van der Waals surface area contributed by atoms with Crippen LogP contribution in [0.3, 0.4) is 0 Å². The summed E-state index contributed by atoms with van der Waals surface area (Å²) in [4.78, 5) is 32.9. The molecule has 0 fully saturated rings. The van der Waals surface area contributed by atoms with E-state index in [1.165, 1.54) is 47.4 Å². The molecule has 0 aliphatic heterocycles. The summed E-state index contributed by atoms with van der Waals surface area (Å²) in [5.74, 6) is -1.99. The number of fused-ring (bicyclic) bond motifs is 1. The minimum atomic E-state index is -0.808. The molecule has 0 atom stereocenters. The molecule has 0 N–H and O–H groups in total. The fourth-order valence-electron chi connectivity index (χ4n) is 2.94. The van der Waals surface area contributed by atoms with E-state index >= 15 is 0 Å². The van der Waals surface area contributed by atoms with Crippen LogP contribution in [0.15, 0.2) is 67.0 Å². The molecule has 4 aromatic rings. The topological polar surface area (TPSA) is 89.2 Å². The van der Waals surface area contributed by atoms with Gasteiger partial charge in [-0.1, -0.05) is 17.4 Å². The highest BCUT2D eigenvalue weighted by atomic mass is 32.1. The monoisotopic (exact) mass is 452 g/mol. The summed E-state index contributed by atoms with van der Waals surface area (Å²) >= 11 is 0.993. The van der Waals surface area contributed by atoms with Crippen molar-refractivity contribution in [2.45, 2.75) is 6.54 Å². The van der Waals surface area contributed by atoms with Crippen LogP contribution in [-0.2, 0) is 11.3 Å². The summed E-state index contributed by atoms with van der Waals surface area (Å²) in [5, 5.41) is 11.0. The molecule has 160 valence electrons. The first-order chi connectivity index (χ1) is 15.4. The lowest BCUT2D eigenvalue weighted by Crippen LogP contribution is -2.28. The van der Waals surface area contributed by atoms with E-state index in [2.05, 4.69) is 9.97 Å². The second kappa shape index (κ2) is 8.98. The number of hydrogen-bond donors (Lipinski definition) is 0. The van der Waals surface area contributed by atoms with Gasteiger partial charge in [0.15, 0.2) is 10.9 Å². The van der Waals surface area contributed by atoms with Gasteiger partial charge in [-0.05, 0) is 41.5 Å². The van der Waals surface area contributed by atoms with Crippen LogP contribution in [0.25, 0.3) is 16.3 Å². The number of rotatable bonds is 6. The predicted octanol–water partition coefficient (Wildman–Crippen LogP) is 5.12. The molecule has 2 aromatic heterocycles. The summed E-state index contributed by atoms with van der Waals surface area (Å²) in [6.45, 7) is 0.112. The minimum absolute atomic E-state index is 0.0188. The number of halogens is 2. The number of anilines is 1. The number of amides is 1. The highest BCUT2D eigenvalue weighted by Crippen LogP contribution is 2.32. The van der Waals surface area contributed by atoms with Gasteiger partial charge in [-0.3, -0.25) is 24.8 Å². The van der Waals surface area contributed by atoms with Gasteiger partial charge >= 0.3 is 0 Å². The zero-order chi connectivity index (χ0) is 22.7. The Bertz CT molecular complexity index is 1320. The van der Waals surface area contributed by atoms with E-state index in [4.69, 9.17) is 0 Å². The number of carbonyl (C=O) groups is 1. The lowest BCUT2D eigenvalue weighted by atomic mass is 10.2. The highest BCUT2D eigenvalue weighted by Gasteiger charge is 2.20. The molecule has 32 heavy (non-hydrogen) atoms. The molecular formula is C22H14F2N4O3S. The Kier molecular flexibility index (Phi) is 5.95. The summed E-state index contributed by atoms with van der Waals surface area (Å²) in [7, 11) is 0. The Labute approximate surface area is 184 Å². The first kappa shape index (κ1) is 21.2. The number of non-ortho nitro benzene ring substituents is 1. The zero-order valence-corrected chi connectivity index (χ0v) is 17.1. The Morgan fingerprint density at radius 3 is 2.66 bits per heavy atom. The third-order valence-corrected chi connectivity index (χ3v) is 5.51. The summed E-state index contributed by atoms with van der Waals surface area (Å²) < 4.78 is 28.0. The van der Waals surface area contributed by atoms with E-state index in [9.17, 15) is 23.7 Å². The third kappa shape index (κ3) is 4.65. The summed E-state index contributed by atoms with van der Waals surface area (Å²) in [6.07, 6.45) is 5.99. The van der Waals surface area contributed by atoms with Crippen molar-refractivity contribution >= 4 is 44.4 Å². The van der Waals surface area contributed by atoms with Gasteiger partial charge < -0.3 is 0 Å². The van der Waals surface area contributed by atoms with Gasteiger partial charge in [0.2, 0.25) is 0 Å². The van der Waals surface area contributed by atoms with Crippen molar-refractivity contribution < 1.29 is 18.5 Å². The number of thiazole rings is 1. The molecule has 0 radical (unpaired) electrons. The van der Waals surface area contributed by atoms with Gasteiger partial charge in [0.25, 0.3) is 11.6 Å². The van der Waals surface area contributed by atoms with Crippen LogP contribution in [0.2, 0.25) is 0 Å². The third-order valence-electron chi connectivity index (χ3n) is 4.48. The Morgan fingerprint density at radius 2 is 1.97 bits per heavy atom. The van der Waals surface area contributed by atoms with Gasteiger partial charge in [0.05, 0.1) is 16.2 Å². The molecular weight excluding hydrogens is 438 g/mol. The van der Waals surface area contributed by atoms with Crippen molar-refractivity contribution in [3.8, 4) is 0 Å². The number of nitrogens with zero attached hydrogens (tertiary/aromatic N) is 4. The van der Waals surface area contributed by atoms with E-state index in [0.29, 0.717) is 5.56 Å². The number of pyridine rings is 1. The van der Waals surface area contributed by atoms with Crippen molar-refractivity contribution in [2.24, 2.45) is 0 Å². The average Bonchev–Trinajstić information content (AvgIpc) is 3.21. The normalized spacial score (nSPS) is 11.2. The van der Waals surface area contributed by atoms with Gasteiger partial charge in [0.1, 0.15) is 11.3 Å². The Morgan fingerprint density at radius 1 is 1.19 bits per heavy atom. The molecule has 0 saturated heterocycles. The molecule has 10 heteroatoms. The quantitative estimate of drug-likeness (QED) is 0.230. The van der Waals surface area contributed by atoms with Crippen LogP contribution in [-0.4, -0.2) is 20.8 Å². The minimum Gasteiger partial charge on any atom is -0.280 e. The number of nitro groups is 1. The van der Waals surface area contributed by atoms with Gasteiger partial charge in [-0.25, -0.2) is 13.8 Å². The number of carbonyl (C=O) groups excluding carboxylic acids is 1. The van der Waals surface area contributed by atoms with Gasteiger partial charge in [-0.15, -0.1) is 0 Å². The lowest BCUT2D eigenvalue weighted by molar-refractivity contribution is -0.384. The fourth-order valence-corrected chi connectivity index (χ4v) is 3.95. The van der Waals surface area contributed by atoms with Crippen molar-refractivity contribution in [2.75, 3.05) is 4.90 Å². The van der Waals surface area contributed by atoms with E-state index in [0.717, 1.165) is 23.0 Å². The summed E-state index contributed by atoms with van der Waals surface area (Å²) in [5.41, 5.74) is 1.23. The fraction of sp³-hybridized carbons (Fsp3) is 0.0455. The first-order valence-electron chi connectivity index (χ1n) is 9.29. The molecule has 2 aromatic carbocycles. The van der Waals surface area contributed by atoms with Crippen molar-refractivity contribution in [1.29, 1.82) is 0 Å². The Balaban J connectivity index is 1.66. The maximum atomic E-state index is 14.1. The number of hydrogen-bond acceptors (Lipinski definition) is 6. The van der Waals surface area contributed by atoms with Gasteiger partial charge in [-0.2, -0.15) is 0 Å². The van der Waals surface area contributed by atoms with Crippen molar-refractivity contribution in [3.63, 3.8) is 0 Å². The summed E-state index contributed by atoms with van der Waals surface area (Å²) in [6, 6.07) is 11.1. The van der Waals surface area contributed by atoms with Crippen LogP contribution in [0.4, 0.5) is 19.6 Å². The standard InChI is InChI=1S/C22H14F2N4O3S/c23-16-10-18(24)21-19(11-16)32-22(26-21)27(13-15-2-1-9-25-12-15)20(29)8-5-14-3-6-17(7-4-14)28(30)31/h1-12H,13H2. The zero-order valence-electron chi connectivity index (χ0n) is 16.3. The number of nitro benzene ring substituents is 1. The van der Waals surface area contributed by atoms with Crippen molar-refractivity contribution in [1.82, 2.24) is 9.97 Å². The smallest absolute Gasteiger partial charge is 0.269 e. The second-order valence-corrected chi connectivity index (χ2v) is 7.71. The molecule has 7 nitrogen and oxygen atoms in total. The lowest BCUT2D eigenvalue weighted by Gasteiger charge is -2.18. The molecule has 0 spiro atoms. The van der Waals surface area contributed by atoms with Crippen LogP contribution in [0, 0.1) is 21.7 Å². The molecule has 0 unspecified atom stereocenters. The number of aromatic nitrogens is 2. The molecule has 0 bridgehead atoms. The maximum absolute atomic E-state index is 14.1. The molecule has 1 amide bonds. The van der Waals surface area contributed by atoms with Crippen LogP contribution in [0.1, 0.15) is 11.1 Å². The first-order valence-corrected chi connectivity index (χ1v) is 10.1. The van der Waals surface area contributed by atoms with E-state index < -0.39 is 22.5 Å². The van der Waals surface area contributed by atoms with Gasteiger partial charge in [0, 0.05) is 36.7 Å².